The Labute approximate surface area is 170 Å². The molecule has 0 bridgehead atoms. The second kappa shape index (κ2) is 7.55. The number of furan rings is 1. The molecule has 30 heavy (non-hydrogen) atoms. The van der Waals surface area contributed by atoms with Gasteiger partial charge in [0.05, 0.1) is 6.26 Å². The number of aromatic nitrogens is 4. The van der Waals surface area contributed by atoms with E-state index in [0.717, 1.165) is 5.56 Å². The van der Waals surface area contributed by atoms with E-state index in [9.17, 15) is 4.79 Å². The Kier molecular flexibility index (Phi) is 4.45. The number of carbonyl (C=O) groups excluding carboxylic acids is 1. The Morgan fingerprint density at radius 3 is 2.73 bits per heavy atom. The van der Waals surface area contributed by atoms with Crippen LogP contribution in [0.3, 0.4) is 0 Å². The maximum absolute atomic E-state index is 13.1. The molecule has 1 aliphatic heterocycles. The molecule has 5 rings (SSSR count). The van der Waals surface area contributed by atoms with Gasteiger partial charge in [-0.2, -0.15) is 4.68 Å². The van der Waals surface area contributed by atoms with Gasteiger partial charge in [0.25, 0.3) is 0 Å². The fraction of sp³-hybridized carbons (Fsp3) is 0.0476. The zero-order chi connectivity index (χ0) is 20.3. The van der Waals surface area contributed by atoms with Gasteiger partial charge in [-0.3, -0.25) is 0 Å². The van der Waals surface area contributed by atoms with E-state index in [1.807, 2.05) is 30.3 Å². The van der Waals surface area contributed by atoms with Crippen molar-refractivity contribution in [1.29, 1.82) is 0 Å². The molecule has 0 atom stereocenters. The molecule has 0 unspecified atom stereocenters. The van der Waals surface area contributed by atoms with Crippen LogP contribution in [0.4, 0.5) is 0 Å². The highest BCUT2D eigenvalue weighted by molar-refractivity contribution is 6.16. The maximum Gasteiger partial charge on any atom is 0.362 e. The Hall–Kier alpha value is -4.40. The van der Waals surface area contributed by atoms with E-state index in [-0.39, 0.29) is 12.5 Å². The lowest BCUT2D eigenvalue weighted by molar-refractivity contribution is -0.128. The molecular weight excluding hydrogens is 388 g/mol. The smallest absolute Gasteiger partial charge is 0.362 e. The average molecular weight is 402 g/mol. The van der Waals surface area contributed by atoms with E-state index in [2.05, 4.69) is 15.5 Å². The van der Waals surface area contributed by atoms with Crippen molar-refractivity contribution in [2.75, 3.05) is 6.79 Å². The molecule has 4 aromatic rings. The van der Waals surface area contributed by atoms with Crippen molar-refractivity contribution in [2.45, 2.75) is 0 Å². The van der Waals surface area contributed by atoms with Gasteiger partial charge in [0.1, 0.15) is 11.5 Å². The number of carbonyl (C=O) groups is 1. The number of rotatable bonds is 5. The first-order chi connectivity index (χ1) is 14.8. The zero-order valence-corrected chi connectivity index (χ0v) is 15.5. The number of tetrazole rings is 1. The maximum atomic E-state index is 13.1. The molecule has 0 saturated carbocycles. The molecule has 3 heterocycles. The van der Waals surface area contributed by atoms with Crippen molar-refractivity contribution in [1.82, 2.24) is 20.2 Å². The van der Waals surface area contributed by atoms with Crippen molar-refractivity contribution in [3.8, 4) is 28.6 Å². The Bertz CT molecular complexity index is 1220. The third kappa shape index (κ3) is 3.39. The van der Waals surface area contributed by atoms with E-state index in [1.165, 1.54) is 17.0 Å². The van der Waals surface area contributed by atoms with Gasteiger partial charge >= 0.3 is 5.97 Å². The lowest BCUT2D eigenvalue weighted by Crippen LogP contribution is -2.17. The van der Waals surface area contributed by atoms with E-state index >= 15 is 0 Å². The summed E-state index contributed by atoms with van der Waals surface area (Å²) in [5.74, 6) is 1.55. The lowest BCUT2D eigenvalue weighted by Gasteiger charge is -2.10. The molecule has 0 fully saturated rings. The van der Waals surface area contributed by atoms with E-state index < -0.39 is 5.97 Å². The molecule has 1 aliphatic rings. The molecule has 148 valence electrons. The number of benzene rings is 2. The average Bonchev–Trinajstić information content (AvgIpc) is 3.53. The van der Waals surface area contributed by atoms with Crippen molar-refractivity contribution in [3.63, 3.8) is 0 Å². The van der Waals surface area contributed by atoms with Gasteiger partial charge in [-0.25, -0.2) is 4.79 Å². The van der Waals surface area contributed by atoms with Crippen LogP contribution in [-0.2, 0) is 4.79 Å². The van der Waals surface area contributed by atoms with Crippen LogP contribution < -0.4 is 14.2 Å². The van der Waals surface area contributed by atoms with E-state index in [1.54, 1.807) is 30.3 Å². The number of nitrogens with zero attached hydrogens (tertiary/aromatic N) is 4. The second-order valence-corrected chi connectivity index (χ2v) is 6.23. The van der Waals surface area contributed by atoms with Gasteiger partial charge < -0.3 is 18.6 Å². The molecule has 9 nitrogen and oxygen atoms in total. The molecule has 2 aromatic carbocycles. The summed E-state index contributed by atoms with van der Waals surface area (Å²) in [4.78, 5) is 13.1. The third-order valence-electron chi connectivity index (χ3n) is 4.32. The van der Waals surface area contributed by atoms with Crippen LogP contribution >= 0.6 is 0 Å². The molecule has 0 saturated heterocycles. The summed E-state index contributed by atoms with van der Waals surface area (Å²) in [6.07, 6.45) is 3.02. The van der Waals surface area contributed by atoms with Gasteiger partial charge in [0.2, 0.25) is 6.79 Å². The predicted molar refractivity (Wildman–Crippen MR) is 104 cm³/mol. The normalized spacial score (nSPS) is 12.7. The summed E-state index contributed by atoms with van der Waals surface area (Å²) in [6.45, 7) is 0.126. The van der Waals surface area contributed by atoms with Crippen molar-refractivity contribution in [2.24, 2.45) is 0 Å². The minimum Gasteiger partial charge on any atom is -0.465 e. The van der Waals surface area contributed by atoms with Gasteiger partial charge in [-0.1, -0.05) is 30.3 Å². The lowest BCUT2D eigenvalue weighted by atomic mass is 10.2. The summed E-state index contributed by atoms with van der Waals surface area (Å²) >= 11 is 0. The Balaban J connectivity index is 1.52. The second-order valence-electron chi connectivity index (χ2n) is 6.23. The van der Waals surface area contributed by atoms with Crippen LogP contribution in [-0.4, -0.2) is 33.0 Å². The number of fused-ring (bicyclic) bond motifs is 1. The number of hydrogen-bond donors (Lipinski definition) is 0. The molecule has 0 spiro atoms. The summed E-state index contributed by atoms with van der Waals surface area (Å²) < 4.78 is 22.9. The van der Waals surface area contributed by atoms with Crippen molar-refractivity contribution in [3.05, 3.63) is 72.7 Å². The SMILES string of the molecule is O=C(Oc1ccc2c(c1)OCO2)/C(=C/c1ccco1)n1nnnc1-c1ccccc1. The third-order valence-corrected chi connectivity index (χ3v) is 4.32. The fourth-order valence-electron chi connectivity index (χ4n) is 2.93. The summed E-state index contributed by atoms with van der Waals surface area (Å²) in [6, 6.07) is 17.6. The first-order valence-electron chi connectivity index (χ1n) is 8.99. The molecule has 0 N–H and O–H groups in total. The van der Waals surface area contributed by atoms with E-state index in [4.69, 9.17) is 18.6 Å². The van der Waals surface area contributed by atoms with Crippen LogP contribution in [0.2, 0.25) is 0 Å². The minimum absolute atomic E-state index is 0.0754. The Morgan fingerprint density at radius 1 is 1.03 bits per heavy atom. The highest BCUT2D eigenvalue weighted by Crippen LogP contribution is 2.35. The van der Waals surface area contributed by atoms with Crippen LogP contribution in [0.15, 0.2) is 71.3 Å². The monoisotopic (exact) mass is 402 g/mol. The first-order valence-corrected chi connectivity index (χ1v) is 8.99. The van der Waals surface area contributed by atoms with Crippen molar-refractivity contribution >= 4 is 17.7 Å². The topological polar surface area (TPSA) is 102 Å². The van der Waals surface area contributed by atoms with Crippen molar-refractivity contribution < 1.29 is 23.4 Å². The number of hydrogen-bond acceptors (Lipinski definition) is 8. The highest BCUT2D eigenvalue weighted by atomic mass is 16.7. The summed E-state index contributed by atoms with van der Waals surface area (Å²) in [5, 5.41) is 11.8. The van der Waals surface area contributed by atoms with Gasteiger partial charge in [0.15, 0.2) is 23.0 Å². The van der Waals surface area contributed by atoms with Crippen LogP contribution in [0, 0.1) is 0 Å². The zero-order valence-electron chi connectivity index (χ0n) is 15.5. The highest BCUT2D eigenvalue weighted by Gasteiger charge is 2.23. The first kappa shape index (κ1) is 17.7. The Morgan fingerprint density at radius 2 is 1.90 bits per heavy atom. The summed E-state index contributed by atoms with van der Waals surface area (Å²) in [5.41, 5.74) is 0.815. The van der Waals surface area contributed by atoms with Crippen LogP contribution in [0.5, 0.6) is 17.2 Å². The predicted octanol–water partition coefficient (Wildman–Crippen LogP) is 3.27. The standard InChI is InChI=1S/C21H14N4O5/c26-21(30-16-8-9-18-19(12-16)29-13-28-18)17(11-15-7-4-10-27-15)25-20(22-23-24-25)14-5-2-1-3-6-14/h1-12H,13H2/b17-11-. The molecule has 2 aromatic heterocycles. The van der Waals surface area contributed by atoms with E-state index in [0.29, 0.717) is 28.8 Å². The van der Waals surface area contributed by atoms with Crippen LogP contribution in [0.25, 0.3) is 23.2 Å². The largest absolute Gasteiger partial charge is 0.465 e. The molecule has 0 aliphatic carbocycles. The van der Waals surface area contributed by atoms with Gasteiger partial charge in [-0.15, -0.1) is 5.10 Å². The molecule has 0 radical (unpaired) electrons. The number of esters is 1. The fourth-order valence-corrected chi connectivity index (χ4v) is 2.93. The molecule has 9 heteroatoms. The number of ether oxygens (including phenoxy) is 3. The molecular formula is C21H14N4O5. The summed E-state index contributed by atoms with van der Waals surface area (Å²) in [7, 11) is 0. The quantitative estimate of drug-likeness (QED) is 0.285. The van der Waals surface area contributed by atoms with Gasteiger partial charge in [0, 0.05) is 17.7 Å². The van der Waals surface area contributed by atoms with Gasteiger partial charge in [-0.05, 0) is 34.7 Å². The molecule has 0 amide bonds. The minimum atomic E-state index is -0.672. The van der Waals surface area contributed by atoms with Crippen LogP contribution in [0.1, 0.15) is 5.76 Å².